The molecule has 7 heavy (non-hydrogen) atoms. The lowest BCUT2D eigenvalue weighted by Crippen LogP contribution is -2.02. The van der Waals surface area contributed by atoms with Crippen LogP contribution in [0.25, 0.3) is 0 Å². The van der Waals surface area contributed by atoms with Gasteiger partial charge in [-0.25, -0.2) is 0 Å². The van der Waals surface area contributed by atoms with Crippen LogP contribution in [0.15, 0.2) is 0 Å². The van der Waals surface area contributed by atoms with E-state index in [9.17, 15) is 0 Å². The van der Waals surface area contributed by atoms with Gasteiger partial charge >= 0.3 is 1.43 Å². The average molecular weight is 126 g/mol. The second-order valence-corrected chi connectivity index (χ2v) is 3.20. The van der Waals surface area contributed by atoms with Gasteiger partial charge in [0.1, 0.15) is 0 Å². The molecule has 0 rings (SSSR count). The predicted molar refractivity (Wildman–Crippen MR) is 35.1 cm³/mol. The molecule has 46 valence electrons. The van der Waals surface area contributed by atoms with Crippen molar-refractivity contribution in [2.45, 2.75) is 25.6 Å². The minimum Gasteiger partial charge on any atom is -0.274 e. The fourth-order valence-corrected chi connectivity index (χ4v) is 0. The Bertz CT molecular complexity index is 29.5. The third-order valence-electron chi connectivity index (χ3n) is 0. The van der Waals surface area contributed by atoms with E-state index in [2.05, 4.69) is 11.7 Å². The Hall–Kier alpha value is 0.210. The van der Waals surface area contributed by atoms with Crippen molar-refractivity contribution in [1.82, 2.24) is 0 Å². The molecule has 0 aromatic heterocycles. The minimum absolute atomic E-state index is 0. The quantitative estimate of drug-likeness (QED) is 0.288. The molecule has 0 aromatic carbocycles. The highest BCUT2D eigenvalue weighted by Gasteiger charge is 1.99. The summed E-state index contributed by atoms with van der Waals surface area (Å²) in [6, 6.07) is 0. The smallest absolute Gasteiger partial charge is 0.274 e. The van der Waals surface area contributed by atoms with E-state index in [1.165, 1.54) is 0 Å². The van der Waals surface area contributed by atoms with Gasteiger partial charge in [0.05, 0.1) is 0 Å². The van der Waals surface area contributed by atoms with E-state index < -0.39 is 0 Å². The number of alkyl halides is 1. The second kappa shape index (κ2) is 4.37. The molecule has 0 aliphatic rings. The molecular formula is C4H14ClN2+. The zero-order valence-corrected chi connectivity index (χ0v) is 5.79. The van der Waals surface area contributed by atoms with E-state index in [1.807, 2.05) is 20.8 Å². The molecular weight excluding hydrogens is 112 g/mol. The van der Waals surface area contributed by atoms with Gasteiger partial charge in [0, 0.05) is 4.87 Å². The third-order valence-corrected chi connectivity index (χ3v) is 0. The number of halogens is 1. The van der Waals surface area contributed by atoms with Gasteiger partial charge in [0.15, 0.2) is 0 Å². The zero-order valence-electron chi connectivity index (χ0n) is 6.03. The molecule has 0 bridgehead atoms. The lowest BCUT2D eigenvalue weighted by molar-refractivity contribution is 0.788. The minimum atomic E-state index is -0.0278. The van der Waals surface area contributed by atoms with Crippen molar-refractivity contribution in [3.8, 4) is 0 Å². The van der Waals surface area contributed by atoms with Crippen molar-refractivity contribution in [3.63, 3.8) is 0 Å². The molecule has 0 aromatic rings. The standard InChI is InChI=1S/C4H9Cl.H4N2/c1-4(2,3)5;1-2/h1-3H3;1-2H2/p+1. The first-order chi connectivity index (χ1) is 3.00. The van der Waals surface area contributed by atoms with Crippen LogP contribution in [0.4, 0.5) is 0 Å². The molecule has 3 heteroatoms. The summed E-state index contributed by atoms with van der Waals surface area (Å²) in [5.74, 6) is 8.00. The van der Waals surface area contributed by atoms with Crippen LogP contribution in [0.3, 0.4) is 0 Å². The van der Waals surface area contributed by atoms with Crippen LogP contribution >= 0.6 is 11.6 Å². The molecule has 0 amide bonds. The maximum Gasteiger partial charge on any atom is 1.00 e. The zero-order chi connectivity index (χ0) is 6.50. The van der Waals surface area contributed by atoms with Crippen molar-refractivity contribution < 1.29 is 1.43 Å². The van der Waals surface area contributed by atoms with Crippen LogP contribution in [-0.4, -0.2) is 4.87 Å². The van der Waals surface area contributed by atoms with Crippen molar-refractivity contribution in [3.05, 3.63) is 0 Å². The second-order valence-electron chi connectivity index (χ2n) is 2.07. The van der Waals surface area contributed by atoms with Crippen molar-refractivity contribution >= 4 is 11.6 Å². The summed E-state index contributed by atoms with van der Waals surface area (Å²) in [4.78, 5) is -0.0278. The number of hydrogen-bond acceptors (Lipinski definition) is 2. The molecule has 0 aliphatic carbocycles. The summed E-state index contributed by atoms with van der Waals surface area (Å²) in [5.41, 5.74) is 0. The number of nitrogens with two attached hydrogens (primary N) is 2. The van der Waals surface area contributed by atoms with Crippen LogP contribution in [0.1, 0.15) is 22.2 Å². The average Bonchev–Trinajstić information content (AvgIpc) is 1.36. The normalized spacial score (nSPS) is 9.43. The summed E-state index contributed by atoms with van der Waals surface area (Å²) >= 11 is 5.53. The van der Waals surface area contributed by atoms with E-state index in [-0.39, 0.29) is 6.30 Å². The SMILES string of the molecule is CC(C)(C)Cl.NN.[H+]. The largest absolute Gasteiger partial charge is 1.00 e. The lowest BCUT2D eigenvalue weighted by Gasteiger charge is -2.01. The third kappa shape index (κ3) is 2500. The molecule has 0 aliphatic heterocycles. The monoisotopic (exact) mass is 125 g/mol. The Morgan fingerprint density at radius 1 is 1.29 bits per heavy atom. The first kappa shape index (κ1) is 10.2. The fraction of sp³-hybridized carbons (Fsp3) is 1.00. The topological polar surface area (TPSA) is 52.0 Å². The first-order valence-corrected chi connectivity index (χ1v) is 2.40. The number of rotatable bonds is 0. The maximum absolute atomic E-state index is 5.53. The highest BCUT2D eigenvalue weighted by molar-refractivity contribution is 6.23. The maximum atomic E-state index is 5.53. The van der Waals surface area contributed by atoms with Gasteiger partial charge in [0.2, 0.25) is 0 Å². The number of hydrogen-bond donors (Lipinski definition) is 2. The van der Waals surface area contributed by atoms with Crippen LogP contribution in [0.5, 0.6) is 0 Å². The van der Waals surface area contributed by atoms with E-state index >= 15 is 0 Å². The van der Waals surface area contributed by atoms with Gasteiger partial charge in [-0.3, -0.25) is 11.7 Å². The fourth-order valence-electron chi connectivity index (χ4n) is 0. The summed E-state index contributed by atoms with van der Waals surface area (Å²) in [5, 5.41) is 0. The Balaban J connectivity index is -0.0000000750. The van der Waals surface area contributed by atoms with E-state index in [0.717, 1.165) is 0 Å². The van der Waals surface area contributed by atoms with Gasteiger partial charge in [-0.05, 0) is 20.8 Å². The molecule has 0 fully saturated rings. The molecule has 0 atom stereocenters. The van der Waals surface area contributed by atoms with Crippen LogP contribution in [0, 0.1) is 0 Å². The highest BCUT2D eigenvalue weighted by Crippen LogP contribution is 2.07. The Morgan fingerprint density at radius 3 is 1.29 bits per heavy atom. The van der Waals surface area contributed by atoms with E-state index in [4.69, 9.17) is 11.6 Å². The van der Waals surface area contributed by atoms with Crippen LogP contribution < -0.4 is 11.7 Å². The molecule has 0 spiro atoms. The van der Waals surface area contributed by atoms with Crippen LogP contribution in [0.2, 0.25) is 0 Å². The van der Waals surface area contributed by atoms with Gasteiger partial charge in [0.25, 0.3) is 0 Å². The Kier molecular flexibility index (Phi) is 6.40. The van der Waals surface area contributed by atoms with Crippen molar-refractivity contribution in [2.24, 2.45) is 11.7 Å². The van der Waals surface area contributed by atoms with Crippen LogP contribution in [-0.2, 0) is 0 Å². The van der Waals surface area contributed by atoms with E-state index in [0.29, 0.717) is 0 Å². The Morgan fingerprint density at radius 2 is 1.29 bits per heavy atom. The summed E-state index contributed by atoms with van der Waals surface area (Å²) in [6.07, 6.45) is 0. The van der Waals surface area contributed by atoms with Crippen molar-refractivity contribution in [1.29, 1.82) is 0 Å². The molecule has 0 unspecified atom stereocenters. The molecule has 0 heterocycles. The van der Waals surface area contributed by atoms with E-state index in [1.54, 1.807) is 0 Å². The number of hydrazine groups is 1. The molecule has 2 nitrogen and oxygen atoms in total. The van der Waals surface area contributed by atoms with Gasteiger partial charge in [-0.2, -0.15) is 0 Å². The van der Waals surface area contributed by atoms with Crippen molar-refractivity contribution in [2.75, 3.05) is 0 Å². The lowest BCUT2D eigenvalue weighted by atomic mass is 10.3. The predicted octanol–water partition coefficient (Wildman–Crippen LogP) is 0.955. The summed E-state index contributed by atoms with van der Waals surface area (Å²) in [7, 11) is 0. The molecule has 0 radical (unpaired) electrons. The Labute approximate surface area is 51.3 Å². The van der Waals surface area contributed by atoms with Gasteiger partial charge in [-0.15, -0.1) is 11.6 Å². The van der Waals surface area contributed by atoms with Gasteiger partial charge in [-0.1, -0.05) is 0 Å². The summed E-state index contributed by atoms with van der Waals surface area (Å²) in [6.45, 7) is 5.86. The molecule has 0 saturated heterocycles. The molecule has 4 N–H and O–H groups in total. The highest BCUT2D eigenvalue weighted by atomic mass is 35.5. The summed E-state index contributed by atoms with van der Waals surface area (Å²) < 4.78 is 0. The first-order valence-electron chi connectivity index (χ1n) is 2.02. The molecule has 0 saturated carbocycles. The van der Waals surface area contributed by atoms with Gasteiger partial charge < -0.3 is 0 Å².